The maximum absolute atomic E-state index is 8.88. The van der Waals surface area contributed by atoms with Gasteiger partial charge in [-0.05, 0) is 52.7 Å². The lowest BCUT2D eigenvalue weighted by Crippen LogP contribution is -1.94. The van der Waals surface area contributed by atoms with Gasteiger partial charge < -0.3 is 5.32 Å². The molecule has 1 N–H and O–H groups in total. The third-order valence-electron chi connectivity index (χ3n) is 2.64. The maximum atomic E-state index is 8.88. The lowest BCUT2D eigenvalue weighted by molar-refractivity contribution is 1.43. The molecular weight excluding hydrogens is 347 g/mol. The van der Waals surface area contributed by atoms with Crippen LogP contribution in [-0.2, 0) is 0 Å². The Balaban J connectivity index is 2.40. The van der Waals surface area contributed by atoms with Crippen LogP contribution in [0.2, 0.25) is 10.0 Å². The van der Waals surface area contributed by atoms with E-state index in [0.29, 0.717) is 21.3 Å². The lowest BCUT2D eigenvalue weighted by atomic mass is 10.2. The lowest BCUT2D eigenvalue weighted by Gasteiger charge is -2.12. The molecule has 5 heteroatoms. The fraction of sp³-hybridized carbons (Fsp3) is 0.0714. The van der Waals surface area contributed by atoms with Crippen LogP contribution in [0.5, 0.6) is 0 Å². The van der Waals surface area contributed by atoms with Crippen LogP contribution in [0.25, 0.3) is 0 Å². The van der Waals surface area contributed by atoms with Crippen LogP contribution in [0.3, 0.4) is 0 Å². The summed E-state index contributed by atoms with van der Waals surface area (Å²) in [6.45, 7) is 1.92. The van der Waals surface area contributed by atoms with Crippen LogP contribution in [0.4, 0.5) is 11.4 Å². The zero-order valence-corrected chi connectivity index (χ0v) is 13.1. The van der Waals surface area contributed by atoms with Gasteiger partial charge in [0, 0.05) is 10.2 Å². The number of halogens is 3. The second-order valence-corrected chi connectivity index (χ2v) is 5.62. The van der Waals surface area contributed by atoms with E-state index in [-0.39, 0.29) is 0 Å². The van der Waals surface area contributed by atoms with E-state index in [4.69, 9.17) is 28.5 Å². The molecule has 0 saturated heterocycles. The van der Waals surface area contributed by atoms with Crippen molar-refractivity contribution in [3.63, 3.8) is 0 Å². The van der Waals surface area contributed by atoms with Gasteiger partial charge in [0.05, 0.1) is 21.3 Å². The van der Waals surface area contributed by atoms with Crippen LogP contribution in [0.15, 0.2) is 34.8 Å². The number of hydrogen-bond acceptors (Lipinski definition) is 2. The molecule has 0 spiro atoms. The van der Waals surface area contributed by atoms with Crippen molar-refractivity contribution in [1.29, 1.82) is 5.26 Å². The Morgan fingerprint density at radius 3 is 2.58 bits per heavy atom. The number of anilines is 2. The van der Waals surface area contributed by atoms with Crippen molar-refractivity contribution in [2.45, 2.75) is 6.92 Å². The summed E-state index contributed by atoms with van der Waals surface area (Å²) in [6.07, 6.45) is 0. The first-order chi connectivity index (χ1) is 9.02. The van der Waals surface area contributed by atoms with Crippen molar-refractivity contribution in [3.8, 4) is 6.07 Å². The van der Waals surface area contributed by atoms with Crippen molar-refractivity contribution in [2.75, 3.05) is 5.32 Å². The molecule has 0 radical (unpaired) electrons. The van der Waals surface area contributed by atoms with Gasteiger partial charge in [-0.3, -0.25) is 0 Å². The van der Waals surface area contributed by atoms with E-state index in [2.05, 4.69) is 27.3 Å². The van der Waals surface area contributed by atoms with Gasteiger partial charge >= 0.3 is 0 Å². The minimum absolute atomic E-state index is 0.552. The molecule has 2 rings (SSSR count). The summed E-state index contributed by atoms with van der Waals surface area (Å²) in [6, 6.07) is 11.1. The summed E-state index contributed by atoms with van der Waals surface area (Å²) >= 11 is 15.7. The predicted octanol–water partition coefficient (Wildman–Crippen LogP) is 5.68. The Morgan fingerprint density at radius 1 is 1.21 bits per heavy atom. The highest BCUT2D eigenvalue weighted by molar-refractivity contribution is 9.10. The van der Waals surface area contributed by atoms with Gasteiger partial charge in [-0.2, -0.15) is 5.26 Å². The smallest absolute Gasteiger partial charge is 0.100 e. The van der Waals surface area contributed by atoms with Gasteiger partial charge in [-0.1, -0.05) is 29.3 Å². The number of benzene rings is 2. The Morgan fingerprint density at radius 2 is 1.95 bits per heavy atom. The van der Waals surface area contributed by atoms with Crippen LogP contribution < -0.4 is 5.32 Å². The molecule has 0 aromatic heterocycles. The summed E-state index contributed by atoms with van der Waals surface area (Å²) in [5.74, 6) is 0. The van der Waals surface area contributed by atoms with Crippen LogP contribution >= 0.6 is 39.1 Å². The number of nitriles is 1. The molecular formula is C14H9BrCl2N2. The highest BCUT2D eigenvalue weighted by Gasteiger charge is 2.09. The topological polar surface area (TPSA) is 35.8 Å². The molecule has 0 bridgehead atoms. The molecule has 19 heavy (non-hydrogen) atoms. The molecule has 0 aliphatic rings. The van der Waals surface area contributed by atoms with Crippen molar-refractivity contribution in [1.82, 2.24) is 0 Å². The summed E-state index contributed by atoms with van der Waals surface area (Å²) < 4.78 is 0.722. The number of aryl methyl sites for hydroxylation is 1. The minimum Gasteiger partial charge on any atom is -0.353 e. The molecule has 0 aliphatic heterocycles. The molecule has 0 aliphatic carbocycles. The van der Waals surface area contributed by atoms with E-state index in [9.17, 15) is 0 Å². The second-order valence-electron chi connectivity index (χ2n) is 3.98. The van der Waals surface area contributed by atoms with Gasteiger partial charge in [0.25, 0.3) is 0 Å². The average molecular weight is 356 g/mol. The summed E-state index contributed by atoms with van der Waals surface area (Å²) in [4.78, 5) is 0. The third kappa shape index (κ3) is 3.03. The Bertz CT molecular complexity index is 678. The van der Waals surface area contributed by atoms with Crippen molar-refractivity contribution >= 4 is 50.5 Å². The molecule has 2 nitrogen and oxygen atoms in total. The minimum atomic E-state index is 0.552. The zero-order valence-electron chi connectivity index (χ0n) is 9.97. The van der Waals surface area contributed by atoms with Crippen molar-refractivity contribution < 1.29 is 0 Å². The normalized spacial score (nSPS) is 10.1. The van der Waals surface area contributed by atoms with Crippen LogP contribution in [0.1, 0.15) is 11.1 Å². The van der Waals surface area contributed by atoms with E-state index in [1.54, 1.807) is 18.2 Å². The summed E-state index contributed by atoms with van der Waals surface area (Å²) in [5.41, 5.74) is 2.99. The van der Waals surface area contributed by atoms with E-state index in [0.717, 1.165) is 15.7 Å². The van der Waals surface area contributed by atoms with Crippen molar-refractivity contribution in [2.24, 2.45) is 0 Å². The van der Waals surface area contributed by atoms with Gasteiger partial charge in [-0.15, -0.1) is 0 Å². The standard InChI is InChI=1S/C14H9BrCl2N2/c1-8-2-5-12(16)14(13(8)17)19-10-4-3-9(7-18)11(15)6-10/h2-6,19H,1H3. The monoisotopic (exact) mass is 354 g/mol. The van der Waals surface area contributed by atoms with Gasteiger partial charge in [0.15, 0.2) is 0 Å². The second kappa shape index (κ2) is 5.83. The van der Waals surface area contributed by atoms with Gasteiger partial charge in [0.2, 0.25) is 0 Å². The molecule has 0 unspecified atom stereocenters. The van der Waals surface area contributed by atoms with Crippen LogP contribution in [0, 0.1) is 18.3 Å². The number of nitrogens with zero attached hydrogens (tertiary/aromatic N) is 1. The number of rotatable bonds is 2. The highest BCUT2D eigenvalue weighted by Crippen LogP contribution is 2.35. The molecule has 0 heterocycles. The largest absolute Gasteiger partial charge is 0.353 e. The van der Waals surface area contributed by atoms with E-state index in [1.807, 2.05) is 19.1 Å². The molecule has 0 fully saturated rings. The first kappa shape index (κ1) is 14.2. The Labute approximate surface area is 130 Å². The quantitative estimate of drug-likeness (QED) is 0.752. The van der Waals surface area contributed by atoms with Gasteiger partial charge in [0.1, 0.15) is 6.07 Å². The molecule has 2 aromatic rings. The number of nitrogens with one attached hydrogen (secondary N) is 1. The Kier molecular flexibility index (Phi) is 4.36. The van der Waals surface area contributed by atoms with Gasteiger partial charge in [-0.25, -0.2) is 0 Å². The maximum Gasteiger partial charge on any atom is 0.100 e. The predicted molar refractivity (Wildman–Crippen MR) is 83.3 cm³/mol. The molecule has 96 valence electrons. The highest BCUT2D eigenvalue weighted by atomic mass is 79.9. The van der Waals surface area contributed by atoms with Crippen LogP contribution in [-0.4, -0.2) is 0 Å². The molecule has 0 amide bonds. The van der Waals surface area contributed by atoms with E-state index in [1.165, 1.54) is 0 Å². The summed E-state index contributed by atoms with van der Waals surface area (Å²) in [5, 5.41) is 13.2. The van der Waals surface area contributed by atoms with E-state index < -0.39 is 0 Å². The SMILES string of the molecule is Cc1ccc(Cl)c(Nc2ccc(C#N)c(Br)c2)c1Cl. The summed E-state index contributed by atoms with van der Waals surface area (Å²) in [7, 11) is 0. The first-order valence-electron chi connectivity index (χ1n) is 5.44. The molecule has 0 atom stereocenters. The van der Waals surface area contributed by atoms with E-state index >= 15 is 0 Å². The fourth-order valence-corrected chi connectivity index (χ4v) is 2.53. The molecule has 0 saturated carbocycles. The Hall–Kier alpha value is -1.21. The van der Waals surface area contributed by atoms with Crippen molar-refractivity contribution in [3.05, 3.63) is 56.0 Å². The third-order valence-corrected chi connectivity index (χ3v) is 4.10. The first-order valence-corrected chi connectivity index (χ1v) is 6.99. The fourth-order valence-electron chi connectivity index (χ4n) is 1.60. The number of hydrogen-bond donors (Lipinski definition) is 1. The zero-order chi connectivity index (χ0) is 14.0. The molecule has 2 aromatic carbocycles. The average Bonchev–Trinajstić information content (AvgIpc) is 2.39.